The molecule has 0 fully saturated rings. The van der Waals surface area contributed by atoms with Crippen LogP contribution in [0.2, 0.25) is 10.0 Å². The molecule has 0 atom stereocenters. The van der Waals surface area contributed by atoms with Crippen LogP contribution < -0.4 is 0 Å². The van der Waals surface area contributed by atoms with Crippen LogP contribution in [-0.4, -0.2) is 5.71 Å². The van der Waals surface area contributed by atoms with Crippen molar-refractivity contribution in [2.24, 2.45) is 0 Å². The summed E-state index contributed by atoms with van der Waals surface area (Å²) in [4.78, 5) is 0. The molecule has 1 heterocycles. The molecule has 0 saturated carbocycles. The van der Waals surface area contributed by atoms with Gasteiger partial charge in [0.05, 0.1) is 16.3 Å². The first-order chi connectivity index (χ1) is 7.18. The second-order valence-electron chi connectivity index (χ2n) is 2.98. The van der Waals surface area contributed by atoms with E-state index in [0.717, 1.165) is 0 Å². The smallest absolute Gasteiger partial charge is 0.152 e. The quantitative estimate of drug-likeness (QED) is 0.791. The predicted octanol–water partition coefficient (Wildman–Crippen LogP) is 4.00. The van der Waals surface area contributed by atoms with Crippen molar-refractivity contribution in [1.29, 1.82) is 5.41 Å². The molecule has 1 N–H and O–H groups in total. The van der Waals surface area contributed by atoms with Crippen LogP contribution in [0, 0.1) is 5.41 Å². The van der Waals surface area contributed by atoms with Gasteiger partial charge in [0.2, 0.25) is 0 Å². The zero-order valence-corrected chi connectivity index (χ0v) is 9.14. The molecule has 2 rings (SSSR count). The molecule has 0 saturated heterocycles. The van der Waals surface area contributed by atoms with Gasteiger partial charge in [0, 0.05) is 5.56 Å². The first kappa shape index (κ1) is 10.3. The van der Waals surface area contributed by atoms with E-state index in [9.17, 15) is 0 Å². The van der Waals surface area contributed by atoms with Crippen LogP contribution in [-0.2, 0) is 0 Å². The van der Waals surface area contributed by atoms with E-state index in [0.29, 0.717) is 27.1 Å². The molecule has 2 aromatic rings. The van der Waals surface area contributed by atoms with Crippen molar-refractivity contribution < 1.29 is 4.42 Å². The lowest BCUT2D eigenvalue weighted by molar-refractivity contribution is 0.557. The largest absolute Gasteiger partial charge is 0.463 e. The molecule has 4 heteroatoms. The predicted molar refractivity (Wildman–Crippen MR) is 61.1 cm³/mol. The summed E-state index contributed by atoms with van der Waals surface area (Å²) in [5, 5.41) is 8.77. The Morgan fingerprint density at radius 2 is 1.93 bits per heavy atom. The molecule has 0 radical (unpaired) electrons. The molecule has 0 aliphatic rings. The minimum Gasteiger partial charge on any atom is -0.463 e. The zero-order valence-electron chi connectivity index (χ0n) is 7.63. The van der Waals surface area contributed by atoms with Gasteiger partial charge in [0.1, 0.15) is 5.71 Å². The van der Waals surface area contributed by atoms with E-state index in [4.69, 9.17) is 33.0 Å². The van der Waals surface area contributed by atoms with Gasteiger partial charge in [-0.25, -0.2) is 0 Å². The molecule has 0 amide bonds. The highest BCUT2D eigenvalue weighted by Gasteiger charge is 2.08. The molecule has 76 valence electrons. The van der Waals surface area contributed by atoms with Gasteiger partial charge in [0.25, 0.3) is 0 Å². The Hall–Kier alpha value is -1.25. The Morgan fingerprint density at radius 1 is 1.13 bits per heavy atom. The summed E-state index contributed by atoms with van der Waals surface area (Å²) in [6.45, 7) is 0. The fraction of sp³-hybridized carbons (Fsp3) is 0. The summed E-state index contributed by atoms with van der Waals surface area (Å²) >= 11 is 11.6. The first-order valence-corrected chi connectivity index (χ1v) is 5.02. The van der Waals surface area contributed by atoms with Crippen LogP contribution in [0.3, 0.4) is 0 Å². The van der Waals surface area contributed by atoms with Crippen molar-refractivity contribution >= 4 is 28.9 Å². The fourth-order valence-corrected chi connectivity index (χ4v) is 1.51. The zero-order chi connectivity index (χ0) is 10.8. The van der Waals surface area contributed by atoms with E-state index >= 15 is 0 Å². The Kier molecular flexibility index (Phi) is 2.80. The van der Waals surface area contributed by atoms with E-state index in [1.54, 1.807) is 30.3 Å². The highest BCUT2D eigenvalue weighted by Crippen LogP contribution is 2.23. The highest BCUT2D eigenvalue weighted by atomic mass is 35.5. The second-order valence-corrected chi connectivity index (χ2v) is 3.80. The third-order valence-electron chi connectivity index (χ3n) is 1.98. The number of furan rings is 1. The number of nitrogens with one attached hydrogen (secondary N) is 1. The van der Waals surface area contributed by atoms with Crippen molar-refractivity contribution in [1.82, 2.24) is 0 Å². The van der Waals surface area contributed by atoms with E-state index in [2.05, 4.69) is 0 Å². The molecule has 0 aliphatic heterocycles. The number of hydrogen-bond acceptors (Lipinski definition) is 2. The van der Waals surface area contributed by atoms with Crippen molar-refractivity contribution in [2.45, 2.75) is 0 Å². The Morgan fingerprint density at radius 3 is 2.53 bits per heavy atom. The van der Waals surface area contributed by atoms with E-state index in [1.165, 1.54) is 6.26 Å². The molecule has 0 bridgehead atoms. The second kappa shape index (κ2) is 4.09. The van der Waals surface area contributed by atoms with Gasteiger partial charge >= 0.3 is 0 Å². The van der Waals surface area contributed by atoms with Gasteiger partial charge in [-0.2, -0.15) is 0 Å². The standard InChI is InChI=1S/C11H7Cl2NO/c12-8-4-3-7(6-9(8)13)11(14)10-2-1-5-15-10/h1-6,14H. The summed E-state index contributed by atoms with van der Waals surface area (Å²) in [5.41, 5.74) is 0.970. The monoisotopic (exact) mass is 239 g/mol. The van der Waals surface area contributed by atoms with Gasteiger partial charge in [-0.05, 0) is 24.3 Å². The van der Waals surface area contributed by atoms with Crippen LogP contribution in [0.15, 0.2) is 41.0 Å². The van der Waals surface area contributed by atoms with Gasteiger partial charge < -0.3 is 4.42 Å². The summed E-state index contributed by atoms with van der Waals surface area (Å²) in [6, 6.07) is 8.51. The third-order valence-corrected chi connectivity index (χ3v) is 2.71. The van der Waals surface area contributed by atoms with E-state index in [-0.39, 0.29) is 0 Å². The van der Waals surface area contributed by atoms with Crippen LogP contribution in [0.25, 0.3) is 0 Å². The number of halogens is 2. The lowest BCUT2D eigenvalue weighted by Crippen LogP contribution is -1.99. The Labute approximate surface area is 96.9 Å². The van der Waals surface area contributed by atoms with Crippen LogP contribution in [0.4, 0.5) is 0 Å². The summed E-state index contributed by atoms with van der Waals surface area (Å²) in [5.74, 6) is 0.508. The lowest BCUT2D eigenvalue weighted by atomic mass is 10.1. The normalized spacial score (nSPS) is 10.3. The molecular formula is C11H7Cl2NO. The third kappa shape index (κ3) is 2.06. The number of benzene rings is 1. The SMILES string of the molecule is N=C(c1ccc(Cl)c(Cl)c1)c1ccco1. The fourth-order valence-electron chi connectivity index (χ4n) is 1.21. The highest BCUT2D eigenvalue weighted by molar-refractivity contribution is 6.42. The Balaban J connectivity index is 2.39. The summed E-state index contributed by atoms with van der Waals surface area (Å²) in [7, 11) is 0. The average Bonchev–Trinajstić information content (AvgIpc) is 2.74. The van der Waals surface area contributed by atoms with E-state index < -0.39 is 0 Å². The van der Waals surface area contributed by atoms with Crippen molar-refractivity contribution in [3.05, 3.63) is 58.0 Å². The summed E-state index contributed by atoms with van der Waals surface area (Å²) in [6.07, 6.45) is 1.53. The maximum Gasteiger partial charge on any atom is 0.152 e. The van der Waals surface area contributed by atoms with Gasteiger partial charge in [-0.15, -0.1) is 0 Å². The van der Waals surface area contributed by atoms with Gasteiger partial charge in [-0.1, -0.05) is 29.3 Å². The molecule has 1 aromatic carbocycles. The molecule has 15 heavy (non-hydrogen) atoms. The summed E-state index contributed by atoms with van der Waals surface area (Å²) < 4.78 is 5.12. The molecule has 0 spiro atoms. The van der Waals surface area contributed by atoms with Crippen molar-refractivity contribution in [3.8, 4) is 0 Å². The molecule has 2 nitrogen and oxygen atoms in total. The topological polar surface area (TPSA) is 37.0 Å². The number of hydrogen-bond donors (Lipinski definition) is 1. The lowest BCUT2D eigenvalue weighted by Gasteiger charge is -2.02. The van der Waals surface area contributed by atoms with Crippen LogP contribution >= 0.6 is 23.2 Å². The minimum absolute atomic E-state index is 0.290. The average molecular weight is 240 g/mol. The van der Waals surface area contributed by atoms with Gasteiger partial charge in [-0.3, -0.25) is 5.41 Å². The first-order valence-electron chi connectivity index (χ1n) is 4.26. The molecule has 1 aromatic heterocycles. The van der Waals surface area contributed by atoms with Crippen molar-refractivity contribution in [3.63, 3.8) is 0 Å². The van der Waals surface area contributed by atoms with Crippen molar-refractivity contribution in [2.75, 3.05) is 0 Å². The van der Waals surface area contributed by atoms with E-state index in [1.807, 2.05) is 0 Å². The van der Waals surface area contributed by atoms with Gasteiger partial charge in [0.15, 0.2) is 5.76 Å². The molecule has 0 unspecified atom stereocenters. The van der Waals surface area contributed by atoms with Crippen LogP contribution in [0.5, 0.6) is 0 Å². The van der Waals surface area contributed by atoms with Crippen LogP contribution in [0.1, 0.15) is 11.3 Å². The number of rotatable bonds is 2. The minimum atomic E-state index is 0.290. The molecule has 0 aliphatic carbocycles. The maximum atomic E-state index is 7.86. The Bertz CT molecular complexity index is 491. The maximum absolute atomic E-state index is 7.86. The molecular weight excluding hydrogens is 233 g/mol.